The van der Waals surface area contributed by atoms with Gasteiger partial charge in [-0.2, -0.15) is 0 Å². The standard InChI is InChI=1S/C18H18/c1-13(2)14-7-9-15(10-8-14)18-11-16-5-3-4-6-17(16)12-18/h3-11,13H,12H2,1-2H3. The number of rotatable bonds is 2. The first-order valence-corrected chi connectivity index (χ1v) is 6.63. The molecular formula is C18H18. The van der Waals surface area contributed by atoms with Gasteiger partial charge in [0.1, 0.15) is 0 Å². The van der Waals surface area contributed by atoms with Crippen LogP contribution in [0.25, 0.3) is 11.6 Å². The maximum atomic E-state index is 2.32. The maximum absolute atomic E-state index is 2.32. The summed E-state index contributed by atoms with van der Waals surface area (Å²) in [5.74, 6) is 0.605. The maximum Gasteiger partial charge on any atom is -0.00137 e. The van der Waals surface area contributed by atoms with Crippen molar-refractivity contribution in [2.24, 2.45) is 0 Å². The molecule has 0 aliphatic heterocycles. The van der Waals surface area contributed by atoms with Crippen LogP contribution in [0.4, 0.5) is 0 Å². The number of hydrogen-bond acceptors (Lipinski definition) is 0. The highest BCUT2D eigenvalue weighted by molar-refractivity contribution is 5.88. The molecule has 0 aromatic heterocycles. The van der Waals surface area contributed by atoms with E-state index in [9.17, 15) is 0 Å². The summed E-state index contributed by atoms with van der Waals surface area (Å²) < 4.78 is 0. The molecule has 0 fully saturated rings. The third-order valence-electron chi connectivity index (χ3n) is 3.71. The van der Waals surface area contributed by atoms with Crippen molar-refractivity contribution in [2.45, 2.75) is 26.2 Å². The number of hydrogen-bond donors (Lipinski definition) is 0. The molecule has 18 heavy (non-hydrogen) atoms. The molecular weight excluding hydrogens is 216 g/mol. The van der Waals surface area contributed by atoms with Gasteiger partial charge in [-0.3, -0.25) is 0 Å². The molecule has 0 heteroatoms. The lowest BCUT2D eigenvalue weighted by Gasteiger charge is -2.07. The predicted octanol–water partition coefficient (Wildman–Crippen LogP) is 4.91. The van der Waals surface area contributed by atoms with E-state index in [1.165, 1.54) is 27.8 Å². The van der Waals surface area contributed by atoms with Crippen LogP contribution >= 0.6 is 0 Å². The van der Waals surface area contributed by atoms with Gasteiger partial charge in [0.05, 0.1) is 0 Å². The zero-order valence-electron chi connectivity index (χ0n) is 11.0. The Morgan fingerprint density at radius 1 is 0.889 bits per heavy atom. The van der Waals surface area contributed by atoms with Gasteiger partial charge in [0.15, 0.2) is 0 Å². The summed E-state index contributed by atoms with van der Waals surface area (Å²) in [7, 11) is 0. The van der Waals surface area contributed by atoms with Crippen LogP contribution in [-0.4, -0.2) is 0 Å². The second-order valence-corrected chi connectivity index (χ2v) is 5.32. The molecule has 2 aromatic rings. The van der Waals surface area contributed by atoms with E-state index >= 15 is 0 Å². The summed E-state index contributed by atoms with van der Waals surface area (Å²) in [6.07, 6.45) is 3.39. The van der Waals surface area contributed by atoms with Crippen LogP contribution in [0.3, 0.4) is 0 Å². The van der Waals surface area contributed by atoms with Gasteiger partial charge in [-0.05, 0) is 40.2 Å². The minimum Gasteiger partial charge on any atom is -0.0619 e. The van der Waals surface area contributed by atoms with Crippen LogP contribution in [0.15, 0.2) is 48.5 Å². The molecule has 0 saturated heterocycles. The molecule has 1 aliphatic carbocycles. The fourth-order valence-corrected chi connectivity index (χ4v) is 2.55. The summed E-state index contributed by atoms with van der Waals surface area (Å²) in [5.41, 5.74) is 7.03. The summed E-state index contributed by atoms with van der Waals surface area (Å²) >= 11 is 0. The Morgan fingerprint density at radius 2 is 1.61 bits per heavy atom. The third-order valence-corrected chi connectivity index (χ3v) is 3.71. The number of allylic oxidation sites excluding steroid dienone is 1. The van der Waals surface area contributed by atoms with Crippen LogP contribution in [0.2, 0.25) is 0 Å². The Kier molecular flexibility index (Phi) is 2.79. The highest BCUT2D eigenvalue weighted by Crippen LogP contribution is 2.31. The second kappa shape index (κ2) is 4.45. The van der Waals surface area contributed by atoms with Gasteiger partial charge in [-0.25, -0.2) is 0 Å². The lowest BCUT2D eigenvalue weighted by atomic mass is 9.98. The lowest BCUT2D eigenvalue weighted by Crippen LogP contribution is -1.89. The Morgan fingerprint density at radius 3 is 2.28 bits per heavy atom. The first-order chi connectivity index (χ1) is 8.74. The fourth-order valence-electron chi connectivity index (χ4n) is 2.55. The van der Waals surface area contributed by atoms with E-state index in [4.69, 9.17) is 0 Å². The Labute approximate surface area is 109 Å². The Balaban J connectivity index is 1.90. The van der Waals surface area contributed by atoms with E-state index in [0.717, 1.165) is 6.42 Å². The van der Waals surface area contributed by atoms with E-state index in [1.807, 2.05) is 0 Å². The fraction of sp³-hybridized carbons (Fsp3) is 0.222. The largest absolute Gasteiger partial charge is 0.0619 e. The molecule has 0 spiro atoms. The zero-order chi connectivity index (χ0) is 12.5. The zero-order valence-corrected chi connectivity index (χ0v) is 11.0. The van der Waals surface area contributed by atoms with Gasteiger partial charge < -0.3 is 0 Å². The molecule has 2 aromatic carbocycles. The van der Waals surface area contributed by atoms with E-state index in [1.54, 1.807) is 0 Å². The van der Waals surface area contributed by atoms with Gasteiger partial charge >= 0.3 is 0 Å². The topological polar surface area (TPSA) is 0 Å². The van der Waals surface area contributed by atoms with Gasteiger partial charge in [-0.1, -0.05) is 68.5 Å². The van der Waals surface area contributed by atoms with Crippen molar-refractivity contribution >= 4 is 11.6 Å². The minimum atomic E-state index is 0.605. The van der Waals surface area contributed by atoms with E-state index < -0.39 is 0 Å². The Hall–Kier alpha value is -1.82. The summed E-state index contributed by atoms with van der Waals surface area (Å²) in [6.45, 7) is 4.47. The van der Waals surface area contributed by atoms with Crippen LogP contribution in [-0.2, 0) is 6.42 Å². The first kappa shape index (κ1) is 11.3. The van der Waals surface area contributed by atoms with Gasteiger partial charge in [0.2, 0.25) is 0 Å². The molecule has 3 rings (SSSR count). The van der Waals surface area contributed by atoms with Gasteiger partial charge in [0, 0.05) is 0 Å². The number of fused-ring (bicyclic) bond motifs is 1. The number of benzene rings is 2. The molecule has 0 atom stereocenters. The highest BCUT2D eigenvalue weighted by Gasteiger charge is 2.13. The van der Waals surface area contributed by atoms with Crippen LogP contribution in [0, 0.1) is 0 Å². The molecule has 0 bridgehead atoms. The average Bonchev–Trinajstić information content (AvgIpc) is 2.82. The quantitative estimate of drug-likeness (QED) is 0.692. The molecule has 0 unspecified atom stereocenters. The molecule has 90 valence electrons. The van der Waals surface area contributed by atoms with Crippen LogP contribution in [0.1, 0.15) is 42.0 Å². The lowest BCUT2D eigenvalue weighted by molar-refractivity contribution is 0.866. The van der Waals surface area contributed by atoms with Crippen molar-refractivity contribution in [3.63, 3.8) is 0 Å². The van der Waals surface area contributed by atoms with Crippen molar-refractivity contribution in [2.75, 3.05) is 0 Å². The van der Waals surface area contributed by atoms with Crippen molar-refractivity contribution in [3.8, 4) is 0 Å². The summed E-state index contributed by atoms with van der Waals surface area (Å²) in [5, 5.41) is 0. The van der Waals surface area contributed by atoms with Gasteiger partial charge in [-0.15, -0.1) is 0 Å². The normalized spacial score (nSPS) is 13.6. The molecule has 0 N–H and O–H groups in total. The minimum absolute atomic E-state index is 0.605. The van der Waals surface area contributed by atoms with Crippen LogP contribution < -0.4 is 0 Å². The predicted molar refractivity (Wildman–Crippen MR) is 78.5 cm³/mol. The smallest absolute Gasteiger partial charge is 0.00137 e. The molecule has 0 saturated carbocycles. The molecule has 1 aliphatic rings. The van der Waals surface area contributed by atoms with Gasteiger partial charge in [0.25, 0.3) is 0 Å². The molecule has 0 nitrogen and oxygen atoms in total. The van der Waals surface area contributed by atoms with Crippen molar-refractivity contribution in [1.82, 2.24) is 0 Å². The monoisotopic (exact) mass is 234 g/mol. The van der Waals surface area contributed by atoms with E-state index in [0.29, 0.717) is 5.92 Å². The van der Waals surface area contributed by atoms with Crippen molar-refractivity contribution < 1.29 is 0 Å². The third kappa shape index (κ3) is 1.99. The second-order valence-electron chi connectivity index (χ2n) is 5.32. The Bertz CT molecular complexity index is 586. The SMILES string of the molecule is CC(C)c1ccc(C2=Cc3ccccc3C2)cc1. The van der Waals surface area contributed by atoms with Crippen molar-refractivity contribution in [3.05, 3.63) is 70.8 Å². The molecule has 0 amide bonds. The van der Waals surface area contributed by atoms with Crippen molar-refractivity contribution in [1.29, 1.82) is 0 Å². The van der Waals surface area contributed by atoms with E-state index in [2.05, 4.69) is 68.5 Å². The molecule has 0 heterocycles. The summed E-state index contributed by atoms with van der Waals surface area (Å²) in [6, 6.07) is 17.7. The van der Waals surface area contributed by atoms with E-state index in [-0.39, 0.29) is 0 Å². The highest BCUT2D eigenvalue weighted by atomic mass is 14.2. The summed E-state index contributed by atoms with van der Waals surface area (Å²) in [4.78, 5) is 0. The molecule has 0 radical (unpaired) electrons. The average molecular weight is 234 g/mol. The van der Waals surface area contributed by atoms with Crippen LogP contribution in [0.5, 0.6) is 0 Å². The first-order valence-electron chi connectivity index (χ1n) is 6.63.